The lowest BCUT2D eigenvalue weighted by atomic mass is 9.86. The number of furan rings is 1. The SMILES string of the molecule is COc1cc2c(cc1NCC1CCC(N)CC1)oc1ccccc12. The standard InChI is InChI=1S/C20H24N2O2/c1-23-20-10-16-15-4-2-3-5-18(15)24-19(16)11-17(20)22-12-13-6-8-14(21)9-7-13/h2-5,10-11,13-14,22H,6-9,12,21H2,1H3. The molecular formula is C20H24N2O2. The molecule has 4 rings (SSSR count). The second kappa shape index (κ2) is 6.36. The first-order valence-corrected chi connectivity index (χ1v) is 8.73. The Hall–Kier alpha value is -2.20. The van der Waals surface area contributed by atoms with Crippen molar-refractivity contribution in [2.45, 2.75) is 31.7 Å². The number of methoxy groups -OCH3 is 1. The summed E-state index contributed by atoms with van der Waals surface area (Å²) in [5.41, 5.74) is 8.80. The van der Waals surface area contributed by atoms with Gasteiger partial charge < -0.3 is 20.2 Å². The van der Waals surface area contributed by atoms with Gasteiger partial charge in [0.05, 0.1) is 12.8 Å². The lowest BCUT2D eigenvalue weighted by Crippen LogP contribution is -2.29. The summed E-state index contributed by atoms with van der Waals surface area (Å²) in [5.74, 6) is 1.54. The summed E-state index contributed by atoms with van der Waals surface area (Å²) >= 11 is 0. The Bertz CT molecular complexity index is 847. The zero-order valence-corrected chi connectivity index (χ0v) is 14.0. The van der Waals surface area contributed by atoms with E-state index < -0.39 is 0 Å². The summed E-state index contributed by atoms with van der Waals surface area (Å²) in [6, 6.07) is 12.6. The van der Waals surface area contributed by atoms with Gasteiger partial charge in [-0.05, 0) is 43.7 Å². The number of benzene rings is 2. The van der Waals surface area contributed by atoms with Crippen LogP contribution in [0.3, 0.4) is 0 Å². The summed E-state index contributed by atoms with van der Waals surface area (Å²) in [6.07, 6.45) is 4.66. The minimum Gasteiger partial charge on any atom is -0.495 e. The molecule has 0 atom stereocenters. The number of para-hydroxylation sites is 1. The van der Waals surface area contributed by atoms with E-state index in [1.807, 2.05) is 18.2 Å². The molecule has 0 aliphatic heterocycles. The number of anilines is 1. The van der Waals surface area contributed by atoms with E-state index in [0.717, 1.165) is 52.8 Å². The van der Waals surface area contributed by atoms with E-state index in [0.29, 0.717) is 12.0 Å². The van der Waals surface area contributed by atoms with Crippen molar-refractivity contribution in [3.8, 4) is 5.75 Å². The third-order valence-electron chi connectivity index (χ3n) is 5.17. The maximum atomic E-state index is 6.00. The van der Waals surface area contributed by atoms with E-state index in [2.05, 4.69) is 23.5 Å². The highest BCUT2D eigenvalue weighted by Gasteiger charge is 2.19. The van der Waals surface area contributed by atoms with Crippen molar-refractivity contribution in [3.63, 3.8) is 0 Å². The summed E-state index contributed by atoms with van der Waals surface area (Å²) in [4.78, 5) is 0. The Morgan fingerprint density at radius 3 is 2.67 bits per heavy atom. The first-order chi connectivity index (χ1) is 11.7. The number of nitrogens with one attached hydrogen (secondary N) is 1. The zero-order chi connectivity index (χ0) is 16.5. The zero-order valence-electron chi connectivity index (χ0n) is 14.0. The molecule has 4 nitrogen and oxygen atoms in total. The van der Waals surface area contributed by atoms with Gasteiger partial charge in [0.15, 0.2) is 0 Å². The van der Waals surface area contributed by atoms with Gasteiger partial charge in [-0.15, -0.1) is 0 Å². The molecule has 126 valence electrons. The predicted molar refractivity (Wildman–Crippen MR) is 98.7 cm³/mol. The van der Waals surface area contributed by atoms with E-state index >= 15 is 0 Å². The lowest BCUT2D eigenvalue weighted by Gasteiger charge is -2.26. The van der Waals surface area contributed by atoms with Crippen LogP contribution in [0.1, 0.15) is 25.7 Å². The highest BCUT2D eigenvalue weighted by Crippen LogP contribution is 2.36. The lowest BCUT2D eigenvalue weighted by molar-refractivity contribution is 0.338. The molecule has 1 fully saturated rings. The van der Waals surface area contributed by atoms with Gasteiger partial charge in [0.25, 0.3) is 0 Å². The summed E-state index contributed by atoms with van der Waals surface area (Å²) < 4.78 is 11.6. The van der Waals surface area contributed by atoms with Crippen LogP contribution in [0.15, 0.2) is 40.8 Å². The Morgan fingerprint density at radius 1 is 1.08 bits per heavy atom. The number of rotatable bonds is 4. The van der Waals surface area contributed by atoms with Gasteiger partial charge >= 0.3 is 0 Å². The molecule has 4 heteroatoms. The number of fused-ring (bicyclic) bond motifs is 3. The highest BCUT2D eigenvalue weighted by molar-refractivity contribution is 6.06. The minimum atomic E-state index is 0.391. The molecule has 0 amide bonds. The van der Waals surface area contributed by atoms with Crippen molar-refractivity contribution in [2.75, 3.05) is 19.0 Å². The topological polar surface area (TPSA) is 60.4 Å². The summed E-state index contributed by atoms with van der Waals surface area (Å²) in [6.45, 7) is 0.953. The van der Waals surface area contributed by atoms with Gasteiger partial charge in [-0.1, -0.05) is 18.2 Å². The number of ether oxygens (including phenoxy) is 1. The largest absolute Gasteiger partial charge is 0.495 e. The van der Waals surface area contributed by atoms with Crippen LogP contribution >= 0.6 is 0 Å². The van der Waals surface area contributed by atoms with Crippen LogP contribution in [0.4, 0.5) is 5.69 Å². The smallest absolute Gasteiger partial charge is 0.142 e. The minimum absolute atomic E-state index is 0.391. The third kappa shape index (κ3) is 2.82. The second-order valence-corrected chi connectivity index (χ2v) is 6.81. The fourth-order valence-corrected chi connectivity index (χ4v) is 3.71. The molecule has 0 unspecified atom stereocenters. The predicted octanol–water partition coefficient (Wildman–Crippen LogP) is 4.52. The molecule has 1 aliphatic rings. The van der Waals surface area contributed by atoms with Gasteiger partial charge in [0.2, 0.25) is 0 Å². The second-order valence-electron chi connectivity index (χ2n) is 6.81. The summed E-state index contributed by atoms with van der Waals surface area (Å²) in [7, 11) is 1.72. The normalized spacial score (nSPS) is 21.2. The third-order valence-corrected chi connectivity index (χ3v) is 5.17. The van der Waals surface area contributed by atoms with Gasteiger partial charge in [0, 0.05) is 29.4 Å². The molecule has 24 heavy (non-hydrogen) atoms. The maximum Gasteiger partial charge on any atom is 0.142 e. The van der Waals surface area contributed by atoms with E-state index in [1.54, 1.807) is 7.11 Å². The molecule has 1 heterocycles. The van der Waals surface area contributed by atoms with E-state index in [-0.39, 0.29) is 0 Å². The first kappa shape index (κ1) is 15.3. The number of nitrogens with two attached hydrogens (primary N) is 1. The Morgan fingerprint density at radius 2 is 1.88 bits per heavy atom. The monoisotopic (exact) mass is 324 g/mol. The Kier molecular flexibility index (Phi) is 4.07. The van der Waals surface area contributed by atoms with Gasteiger partial charge in [-0.2, -0.15) is 0 Å². The van der Waals surface area contributed by atoms with Crippen LogP contribution in [0.5, 0.6) is 5.75 Å². The fraction of sp³-hybridized carbons (Fsp3) is 0.400. The van der Waals surface area contributed by atoms with Gasteiger partial charge in [-0.25, -0.2) is 0 Å². The molecule has 0 bridgehead atoms. The van der Waals surface area contributed by atoms with Crippen molar-refractivity contribution in [2.24, 2.45) is 11.7 Å². The van der Waals surface area contributed by atoms with E-state index in [4.69, 9.17) is 14.9 Å². The van der Waals surface area contributed by atoms with Crippen LogP contribution in [-0.2, 0) is 0 Å². The van der Waals surface area contributed by atoms with Crippen LogP contribution in [0.25, 0.3) is 21.9 Å². The van der Waals surface area contributed by atoms with E-state index in [1.165, 1.54) is 12.8 Å². The quantitative estimate of drug-likeness (QED) is 0.740. The summed E-state index contributed by atoms with van der Waals surface area (Å²) in [5, 5.41) is 5.78. The van der Waals surface area contributed by atoms with Crippen LogP contribution in [0.2, 0.25) is 0 Å². The molecule has 0 radical (unpaired) electrons. The van der Waals surface area contributed by atoms with Crippen molar-refractivity contribution < 1.29 is 9.15 Å². The van der Waals surface area contributed by atoms with Crippen molar-refractivity contribution in [1.29, 1.82) is 0 Å². The van der Waals surface area contributed by atoms with Crippen LogP contribution < -0.4 is 15.8 Å². The molecule has 3 N–H and O–H groups in total. The Balaban J connectivity index is 1.61. The molecule has 1 saturated carbocycles. The number of hydrogen-bond acceptors (Lipinski definition) is 4. The van der Waals surface area contributed by atoms with Crippen molar-refractivity contribution in [1.82, 2.24) is 0 Å². The maximum absolute atomic E-state index is 6.00. The van der Waals surface area contributed by atoms with Gasteiger partial charge in [-0.3, -0.25) is 0 Å². The highest BCUT2D eigenvalue weighted by atomic mass is 16.5. The average molecular weight is 324 g/mol. The first-order valence-electron chi connectivity index (χ1n) is 8.73. The molecular weight excluding hydrogens is 300 g/mol. The number of hydrogen-bond donors (Lipinski definition) is 2. The van der Waals surface area contributed by atoms with Crippen molar-refractivity contribution in [3.05, 3.63) is 36.4 Å². The Labute approximate surface area is 142 Å². The fourth-order valence-electron chi connectivity index (χ4n) is 3.71. The molecule has 0 spiro atoms. The van der Waals surface area contributed by atoms with E-state index in [9.17, 15) is 0 Å². The van der Waals surface area contributed by atoms with Gasteiger partial charge in [0.1, 0.15) is 16.9 Å². The van der Waals surface area contributed by atoms with Crippen LogP contribution in [0, 0.1) is 5.92 Å². The molecule has 2 aromatic carbocycles. The molecule has 3 aromatic rings. The average Bonchev–Trinajstić information content (AvgIpc) is 2.97. The molecule has 0 saturated heterocycles. The molecule has 1 aromatic heterocycles. The van der Waals surface area contributed by atoms with Crippen molar-refractivity contribution >= 4 is 27.6 Å². The molecule has 1 aliphatic carbocycles. The van der Waals surface area contributed by atoms with Crippen LogP contribution in [-0.4, -0.2) is 19.7 Å².